The largest absolute Gasteiger partial charge is 0.416 e. The van der Waals surface area contributed by atoms with Crippen LogP contribution in [0.5, 0.6) is 0 Å². The smallest absolute Gasteiger partial charge is 0.166 e. The Morgan fingerprint density at radius 3 is 1.92 bits per heavy atom. The van der Waals surface area contributed by atoms with E-state index in [1.165, 1.54) is 6.08 Å². The number of hydrogen-bond donors (Lipinski definition) is 0. The molecule has 0 unspecified atom stereocenters. The summed E-state index contributed by atoms with van der Waals surface area (Å²) in [6.45, 7) is 8.81. The molecule has 3 heteroatoms. The molecule has 0 fully saturated rings. The van der Waals surface area contributed by atoms with Crippen LogP contribution in [0.1, 0.15) is 27.2 Å². The predicted molar refractivity (Wildman–Crippen MR) is 48.4 cm³/mol. The van der Waals surface area contributed by atoms with Crippen LogP contribution in [0.2, 0.25) is 0 Å². The minimum absolute atomic E-state index is 0.125. The molecule has 0 aliphatic rings. The molecule has 0 N–H and O–H groups in total. The summed E-state index contributed by atoms with van der Waals surface area (Å²) in [6.07, 6.45) is -1.83. The highest BCUT2D eigenvalue weighted by Crippen LogP contribution is 2.29. The molecule has 0 bridgehead atoms. The molecule has 0 aromatic rings. The van der Waals surface area contributed by atoms with Gasteiger partial charge in [-0.2, -0.15) is 13.2 Å². The van der Waals surface area contributed by atoms with E-state index in [9.17, 15) is 13.2 Å². The minimum atomic E-state index is -4.27. The number of hydrogen-bond acceptors (Lipinski definition) is 0. The highest BCUT2D eigenvalue weighted by atomic mass is 19.4. The third kappa shape index (κ3) is 5.50. The zero-order chi connectivity index (χ0) is 10.7. The van der Waals surface area contributed by atoms with Crippen molar-refractivity contribution < 1.29 is 13.2 Å². The first kappa shape index (κ1) is 12.3. The van der Waals surface area contributed by atoms with E-state index in [2.05, 4.69) is 6.58 Å². The molecular weight excluding hydrogens is 177 g/mol. The van der Waals surface area contributed by atoms with Gasteiger partial charge in [0, 0.05) is 0 Å². The molecule has 76 valence electrons. The molecule has 0 aliphatic carbocycles. The van der Waals surface area contributed by atoms with Crippen molar-refractivity contribution in [2.24, 2.45) is 5.41 Å². The maximum Gasteiger partial charge on any atom is 0.416 e. The van der Waals surface area contributed by atoms with Crippen LogP contribution in [0, 0.1) is 5.41 Å². The molecule has 0 atom stereocenters. The van der Waals surface area contributed by atoms with E-state index >= 15 is 0 Å². The van der Waals surface area contributed by atoms with Crippen LogP contribution in [0.25, 0.3) is 0 Å². The van der Waals surface area contributed by atoms with Crippen molar-refractivity contribution in [2.45, 2.75) is 33.4 Å². The minimum Gasteiger partial charge on any atom is -0.166 e. The standard InChI is InChI=1S/C10H15F3/c1-5-8(10(11,12)13)6-7-9(2,3)4/h5-6H,1,7H2,2-4H3/b8-6+. The molecule has 0 heterocycles. The second-order valence-corrected chi connectivity index (χ2v) is 4.13. The van der Waals surface area contributed by atoms with Gasteiger partial charge in [0.2, 0.25) is 0 Å². The SMILES string of the molecule is C=C/C(=C\CC(C)(C)C)C(F)(F)F. The van der Waals surface area contributed by atoms with Crippen LogP contribution in [0.4, 0.5) is 13.2 Å². The fourth-order valence-corrected chi connectivity index (χ4v) is 0.731. The summed E-state index contributed by atoms with van der Waals surface area (Å²) in [7, 11) is 0. The molecule has 0 aromatic heterocycles. The first-order valence-corrected chi connectivity index (χ1v) is 4.06. The lowest BCUT2D eigenvalue weighted by Gasteiger charge is -2.16. The molecule has 0 amide bonds. The van der Waals surface area contributed by atoms with Crippen molar-refractivity contribution in [3.8, 4) is 0 Å². The monoisotopic (exact) mass is 192 g/mol. The van der Waals surface area contributed by atoms with E-state index < -0.39 is 11.7 Å². The quantitative estimate of drug-likeness (QED) is 0.578. The highest BCUT2D eigenvalue weighted by Gasteiger charge is 2.31. The van der Waals surface area contributed by atoms with Gasteiger partial charge in [-0.25, -0.2) is 0 Å². The Kier molecular flexibility index (Phi) is 3.76. The molecule has 13 heavy (non-hydrogen) atoms. The van der Waals surface area contributed by atoms with Gasteiger partial charge in [-0.3, -0.25) is 0 Å². The Labute approximate surface area is 77.1 Å². The van der Waals surface area contributed by atoms with Gasteiger partial charge in [-0.15, -0.1) is 0 Å². The summed E-state index contributed by atoms with van der Waals surface area (Å²) >= 11 is 0. The Morgan fingerprint density at radius 1 is 1.23 bits per heavy atom. The third-order valence-corrected chi connectivity index (χ3v) is 1.48. The fourth-order valence-electron chi connectivity index (χ4n) is 0.731. The Hall–Kier alpha value is -0.730. The van der Waals surface area contributed by atoms with Gasteiger partial charge in [0.05, 0.1) is 5.57 Å². The maximum atomic E-state index is 12.2. The van der Waals surface area contributed by atoms with Crippen LogP contribution in [-0.4, -0.2) is 6.18 Å². The molecular formula is C10H15F3. The highest BCUT2D eigenvalue weighted by molar-refractivity contribution is 5.21. The maximum absolute atomic E-state index is 12.2. The van der Waals surface area contributed by atoms with Crippen molar-refractivity contribution in [2.75, 3.05) is 0 Å². The first-order chi connectivity index (χ1) is 5.67. The molecule has 0 aliphatic heterocycles. The van der Waals surface area contributed by atoms with E-state index in [-0.39, 0.29) is 5.41 Å². The van der Waals surface area contributed by atoms with Crippen molar-refractivity contribution in [1.82, 2.24) is 0 Å². The van der Waals surface area contributed by atoms with E-state index in [1.807, 2.05) is 20.8 Å². The van der Waals surface area contributed by atoms with E-state index in [0.717, 1.165) is 6.08 Å². The summed E-state index contributed by atoms with van der Waals surface area (Å²) in [6, 6.07) is 0. The van der Waals surface area contributed by atoms with Crippen LogP contribution >= 0.6 is 0 Å². The van der Waals surface area contributed by atoms with Crippen molar-refractivity contribution >= 4 is 0 Å². The summed E-state index contributed by atoms with van der Waals surface area (Å²) in [5.41, 5.74) is -0.776. The fraction of sp³-hybridized carbons (Fsp3) is 0.600. The molecule has 0 nitrogen and oxygen atoms in total. The normalized spacial score (nSPS) is 14.5. The van der Waals surface area contributed by atoms with Crippen molar-refractivity contribution in [3.05, 3.63) is 24.3 Å². The summed E-state index contributed by atoms with van der Waals surface area (Å²) in [5, 5.41) is 0. The lowest BCUT2D eigenvalue weighted by atomic mass is 9.91. The van der Waals surface area contributed by atoms with Crippen LogP contribution in [-0.2, 0) is 0 Å². The van der Waals surface area contributed by atoms with Crippen LogP contribution in [0.3, 0.4) is 0 Å². The Bertz CT molecular complexity index is 203. The second-order valence-electron chi connectivity index (χ2n) is 4.13. The van der Waals surface area contributed by atoms with Gasteiger partial charge >= 0.3 is 6.18 Å². The summed E-state index contributed by atoms with van der Waals surface area (Å²) in [5.74, 6) is 0. The molecule has 0 radical (unpaired) electrons. The third-order valence-electron chi connectivity index (χ3n) is 1.48. The van der Waals surface area contributed by atoms with Gasteiger partial charge in [0.25, 0.3) is 0 Å². The average Bonchev–Trinajstić information content (AvgIpc) is 1.82. The van der Waals surface area contributed by atoms with E-state index in [1.54, 1.807) is 0 Å². The average molecular weight is 192 g/mol. The molecule has 0 saturated heterocycles. The molecule has 0 rings (SSSR count). The number of allylic oxidation sites excluding steroid dienone is 3. The van der Waals surface area contributed by atoms with Crippen LogP contribution in [0.15, 0.2) is 24.3 Å². The second kappa shape index (κ2) is 3.99. The topological polar surface area (TPSA) is 0 Å². The lowest BCUT2D eigenvalue weighted by Crippen LogP contribution is -2.11. The predicted octanol–water partition coefficient (Wildman–Crippen LogP) is 4.10. The lowest BCUT2D eigenvalue weighted by molar-refractivity contribution is -0.0884. The number of alkyl halides is 3. The van der Waals surface area contributed by atoms with Crippen molar-refractivity contribution in [1.29, 1.82) is 0 Å². The summed E-state index contributed by atoms with van der Waals surface area (Å²) < 4.78 is 36.5. The van der Waals surface area contributed by atoms with Gasteiger partial charge in [0.1, 0.15) is 0 Å². The number of rotatable bonds is 2. The van der Waals surface area contributed by atoms with Gasteiger partial charge in [0.15, 0.2) is 0 Å². The van der Waals surface area contributed by atoms with E-state index in [0.29, 0.717) is 6.42 Å². The number of halogens is 3. The molecule has 0 aromatic carbocycles. The Morgan fingerprint density at radius 2 is 1.69 bits per heavy atom. The Balaban J connectivity index is 4.52. The van der Waals surface area contributed by atoms with Crippen LogP contribution < -0.4 is 0 Å². The van der Waals surface area contributed by atoms with Gasteiger partial charge in [-0.1, -0.05) is 39.5 Å². The van der Waals surface area contributed by atoms with Gasteiger partial charge < -0.3 is 0 Å². The molecule has 0 saturated carbocycles. The zero-order valence-electron chi connectivity index (χ0n) is 8.20. The first-order valence-electron chi connectivity index (χ1n) is 4.06. The molecule has 0 spiro atoms. The van der Waals surface area contributed by atoms with Gasteiger partial charge in [-0.05, 0) is 11.8 Å². The van der Waals surface area contributed by atoms with Crippen molar-refractivity contribution in [3.63, 3.8) is 0 Å². The van der Waals surface area contributed by atoms with E-state index in [4.69, 9.17) is 0 Å². The summed E-state index contributed by atoms with van der Waals surface area (Å²) in [4.78, 5) is 0. The zero-order valence-corrected chi connectivity index (χ0v) is 8.20.